The Morgan fingerprint density at radius 2 is 2.19 bits per heavy atom. The standard InChI is InChI=1S/C11H12BrN3S/c12-10-7-8-9(16-10)1-2-14-11(8)15-5-3-13-4-6-15/h1-2,7,13H,3-6H2. The number of anilines is 1. The highest BCUT2D eigenvalue weighted by molar-refractivity contribution is 9.11. The second-order valence-corrected chi connectivity index (χ2v) is 6.30. The Bertz CT molecular complexity index is 505. The third-order valence-electron chi connectivity index (χ3n) is 2.81. The molecule has 0 atom stereocenters. The van der Waals surface area contributed by atoms with Crippen LogP contribution in [0.5, 0.6) is 0 Å². The number of hydrogen-bond acceptors (Lipinski definition) is 4. The maximum Gasteiger partial charge on any atom is 0.137 e. The molecule has 3 rings (SSSR count). The summed E-state index contributed by atoms with van der Waals surface area (Å²) in [5.41, 5.74) is 0. The summed E-state index contributed by atoms with van der Waals surface area (Å²) in [4.78, 5) is 6.89. The van der Waals surface area contributed by atoms with E-state index in [0.717, 1.165) is 32.0 Å². The van der Waals surface area contributed by atoms with Crippen molar-refractivity contribution in [2.75, 3.05) is 31.1 Å². The second-order valence-electron chi connectivity index (χ2n) is 3.83. The van der Waals surface area contributed by atoms with E-state index in [0.29, 0.717) is 0 Å². The van der Waals surface area contributed by atoms with Gasteiger partial charge in [-0.2, -0.15) is 0 Å². The lowest BCUT2D eigenvalue weighted by atomic mass is 10.2. The van der Waals surface area contributed by atoms with E-state index in [9.17, 15) is 0 Å². The zero-order chi connectivity index (χ0) is 11.0. The van der Waals surface area contributed by atoms with Gasteiger partial charge in [0.25, 0.3) is 0 Å². The van der Waals surface area contributed by atoms with Crippen molar-refractivity contribution in [3.05, 3.63) is 22.1 Å². The average Bonchev–Trinajstić information content (AvgIpc) is 2.70. The summed E-state index contributed by atoms with van der Waals surface area (Å²) in [6.45, 7) is 4.17. The molecule has 0 bridgehead atoms. The van der Waals surface area contributed by atoms with Crippen LogP contribution in [0.3, 0.4) is 0 Å². The Hall–Kier alpha value is -0.650. The zero-order valence-corrected chi connectivity index (χ0v) is 11.1. The van der Waals surface area contributed by atoms with Crippen molar-refractivity contribution in [2.45, 2.75) is 0 Å². The van der Waals surface area contributed by atoms with Gasteiger partial charge in [0.2, 0.25) is 0 Å². The Kier molecular flexibility index (Phi) is 2.83. The molecule has 5 heteroatoms. The Morgan fingerprint density at radius 1 is 1.38 bits per heavy atom. The van der Waals surface area contributed by atoms with Crippen molar-refractivity contribution in [3.8, 4) is 0 Å². The fourth-order valence-electron chi connectivity index (χ4n) is 2.05. The van der Waals surface area contributed by atoms with Crippen molar-refractivity contribution in [3.63, 3.8) is 0 Å². The van der Waals surface area contributed by atoms with Gasteiger partial charge in [0, 0.05) is 42.5 Å². The van der Waals surface area contributed by atoms with Gasteiger partial charge in [0.05, 0.1) is 3.79 Å². The van der Waals surface area contributed by atoms with Gasteiger partial charge in [0.15, 0.2) is 0 Å². The van der Waals surface area contributed by atoms with Crippen LogP contribution < -0.4 is 10.2 Å². The number of piperazine rings is 1. The summed E-state index contributed by atoms with van der Waals surface area (Å²) in [6.07, 6.45) is 1.91. The third kappa shape index (κ3) is 1.83. The number of nitrogens with one attached hydrogen (secondary N) is 1. The molecule has 1 saturated heterocycles. The quantitative estimate of drug-likeness (QED) is 0.876. The minimum absolute atomic E-state index is 1.04. The van der Waals surface area contributed by atoms with E-state index in [-0.39, 0.29) is 0 Å². The van der Waals surface area contributed by atoms with Crippen LogP contribution >= 0.6 is 27.3 Å². The van der Waals surface area contributed by atoms with Gasteiger partial charge in [0.1, 0.15) is 5.82 Å². The highest BCUT2D eigenvalue weighted by Crippen LogP contribution is 2.34. The van der Waals surface area contributed by atoms with Crippen LogP contribution in [0.4, 0.5) is 5.82 Å². The molecule has 84 valence electrons. The van der Waals surface area contributed by atoms with Crippen molar-refractivity contribution in [1.82, 2.24) is 10.3 Å². The fourth-order valence-corrected chi connectivity index (χ4v) is 3.57. The Labute approximate surface area is 107 Å². The largest absolute Gasteiger partial charge is 0.354 e. The summed E-state index contributed by atoms with van der Waals surface area (Å²) in [5, 5.41) is 4.63. The highest BCUT2D eigenvalue weighted by Gasteiger charge is 2.15. The van der Waals surface area contributed by atoms with Crippen molar-refractivity contribution in [2.24, 2.45) is 0 Å². The molecule has 2 aromatic heterocycles. The molecule has 0 saturated carbocycles. The summed E-state index contributed by atoms with van der Waals surface area (Å²) in [6, 6.07) is 4.25. The van der Waals surface area contributed by atoms with Crippen LogP contribution in [0.15, 0.2) is 22.1 Å². The van der Waals surface area contributed by atoms with E-state index in [2.05, 4.69) is 43.3 Å². The topological polar surface area (TPSA) is 28.2 Å². The zero-order valence-electron chi connectivity index (χ0n) is 8.74. The van der Waals surface area contributed by atoms with Crippen LogP contribution in [0, 0.1) is 0 Å². The molecule has 1 N–H and O–H groups in total. The van der Waals surface area contributed by atoms with Gasteiger partial charge < -0.3 is 10.2 Å². The molecular formula is C11H12BrN3S. The lowest BCUT2D eigenvalue weighted by molar-refractivity contribution is 0.586. The lowest BCUT2D eigenvalue weighted by Gasteiger charge is -2.28. The number of rotatable bonds is 1. The van der Waals surface area contributed by atoms with E-state index >= 15 is 0 Å². The van der Waals surface area contributed by atoms with Crippen molar-refractivity contribution >= 4 is 43.2 Å². The van der Waals surface area contributed by atoms with Gasteiger partial charge in [-0.15, -0.1) is 11.3 Å². The molecule has 0 unspecified atom stereocenters. The molecule has 1 fully saturated rings. The predicted octanol–water partition coefficient (Wildman–Crippen LogP) is 2.47. The predicted molar refractivity (Wildman–Crippen MR) is 72.4 cm³/mol. The minimum atomic E-state index is 1.04. The number of halogens is 1. The summed E-state index contributed by atoms with van der Waals surface area (Å²) in [7, 11) is 0. The summed E-state index contributed by atoms with van der Waals surface area (Å²) in [5.74, 6) is 1.13. The number of aromatic nitrogens is 1. The van der Waals surface area contributed by atoms with Gasteiger partial charge in [-0.1, -0.05) is 0 Å². The Morgan fingerprint density at radius 3 is 3.00 bits per heavy atom. The third-order valence-corrected chi connectivity index (χ3v) is 4.41. The fraction of sp³-hybridized carbons (Fsp3) is 0.364. The van der Waals surface area contributed by atoms with E-state index in [1.54, 1.807) is 11.3 Å². The van der Waals surface area contributed by atoms with Crippen LogP contribution in [0.2, 0.25) is 0 Å². The number of fused-ring (bicyclic) bond motifs is 1. The van der Waals surface area contributed by atoms with E-state index in [1.165, 1.54) is 13.9 Å². The molecule has 0 radical (unpaired) electrons. The van der Waals surface area contributed by atoms with Crippen LogP contribution in [0.1, 0.15) is 0 Å². The molecule has 16 heavy (non-hydrogen) atoms. The van der Waals surface area contributed by atoms with Gasteiger partial charge in [-0.25, -0.2) is 4.98 Å². The van der Waals surface area contributed by atoms with Crippen LogP contribution in [-0.2, 0) is 0 Å². The molecule has 1 aliphatic heterocycles. The molecule has 0 amide bonds. The van der Waals surface area contributed by atoms with Gasteiger partial charge >= 0.3 is 0 Å². The highest BCUT2D eigenvalue weighted by atomic mass is 79.9. The van der Waals surface area contributed by atoms with Gasteiger partial charge in [-0.05, 0) is 28.1 Å². The monoisotopic (exact) mass is 297 g/mol. The first-order chi connectivity index (χ1) is 7.84. The smallest absolute Gasteiger partial charge is 0.137 e. The summed E-state index contributed by atoms with van der Waals surface area (Å²) >= 11 is 5.31. The maximum atomic E-state index is 4.53. The first-order valence-electron chi connectivity index (χ1n) is 5.34. The number of nitrogens with zero attached hydrogens (tertiary/aromatic N) is 2. The average molecular weight is 298 g/mol. The van der Waals surface area contributed by atoms with E-state index in [1.807, 2.05) is 6.20 Å². The molecular weight excluding hydrogens is 286 g/mol. The van der Waals surface area contributed by atoms with Crippen LogP contribution in [0.25, 0.3) is 10.1 Å². The van der Waals surface area contributed by atoms with Crippen LogP contribution in [-0.4, -0.2) is 31.2 Å². The SMILES string of the molecule is Brc1cc2c(N3CCNCC3)nccc2s1. The molecule has 0 spiro atoms. The molecule has 2 aromatic rings. The molecule has 3 nitrogen and oxygen atoms in total. The lowest BCUT2D eigenvalue weighted by Crippen LogP contribution is -2.43. The van der Waals surface area contributed by atoms with Gasteiger partial charge in [-0.3, -0.25) is 0 Å². The number of hydrogen-bond donors (Lipinski definition) is 1. The normalized spacial score (nSPS) is 16.9. The number of pyridine rings is 1. The summed E-state index contributed by atoms with van der Waals surface area (Å²) < 4.78 is 2.47. The number of thiophene rings is 1. The van der Waals surface area contributed by atoms with E-state index in [4.69, 9.17) is 0 Å². The first kappa shape index (κ1) is 10.5. The molecule has 0 aliphatic carbocycles. The Balaban J connectivity index is 2.07. The second kappa shape index (κ2) is 4.31. The van der Waals surface area contributed by atoms with Crippen molar-refractivity contribution in [1.29, 1.82) is 0 Å². The maximum absolute atomic E-state index is 4.53. The minimum Gasteiger partial charge on any atom is -0.354 e. The first-order valence-corrected chi connectivity index (χ1v) is 6.95. The molecule has 1 aliphatic rings. The molecule has 0 aromatic carbocycles. The molecule has 3 heterocycles. The van der Waals surface area contributed by atoms with Crippen molar-refractivity contribution < 1.29 is 0 Å². The van der Waals surface area contributed by atoms with E-state index < -0.39 is 0 Å².